The molecule has 1 aromatic heterocycles. The van der Waals surface area contributed by atoms with Crippen LogP contribution in [0.3, 0.4) is 0 Å². The van der Waals surface area contributed by atoms with Gasteiger partial charge >= 0.3 is 0 Å². The first-order valence-corrected chi connectivity index (χ1v) is 5.44. The lowest BCUT2D eigenvalue weighted by atomic mass is 10.2. The van der Waals surface area contributed by atoms with E-state index in [1.165, 1.54) is 17.4 Å². The average Bonchev–Trinajstić information content (AvgIpc) is 2.57. The smallest absolute Gasteiger partial charge is 0.146 e. The second-order valence-corrected chi connectivity index (χ2v) is 5.12. The lowest BCUT2D eigenvalue weighted by molar-refractivity contribution is 0.633. The van der Waals surface area contributed by atoms with E-state index >= 15 is 0 Å². The van der Waals surface area contributed by atoms with Crippen molar-refractivity contribution in [3.05, 3.63) is 34.0 Å². The standard InChI is InChI=1S/C9H6BrFN2S/c10-8-4-13-9(14-8)5-1-2-7(12)6(11)3-5/h1-4H,12H2. The molecule has 0 aliphatic heterocycles. The van der Waals surface area contributed by atoms with Gasteiger partial charge in [-0.15, -0.1) is 11.3 Å². The minimum absolute atomic E-state index is 0.157. The Morgan fingerprint density at radius 3 is 2.79 bits per heavy atom. The molecule has 0 fully saturated rings. The SMILES string of the molecule is Nc1ccc(-c2ncc(Br)s2)cc1F. The maximum atomic E-state index is 13.1. The third-order valence-corrected chi connectivity index (χ3v) is 3.25. The van der Waals surface area contributed by atoms with E-state index in [9.17, 15) is 4.39 Å². The summed E-state index contributed by atoms with van der Waals surface area (Å²) in [6.07, 6.45) is 1.69. The van der Waals surface area contributed by atoms with Crippen molar-refractivity contribution in [2.75, 3.05) is 5.73 Å². The number of anilines is 1. The van der Waals surface area contributed by atoms with Crippen LogP contribution in [0.1, 0.15) is 0 Å². The van der Waals surface area contributed by atoms with E-state index < -0.39 is 5.82 Å². The number of nitrogens with two attached hydrogens (primary N) is 1. The predicted octanol–water partition coefficient (Wildman–Crippen LogP) is 3.29. The average molecular weight is 273 g/mol. The fourth-order valence-electron chi connectivity index (χ4n) is 1.05. The fourth-order valence-corrected chi connectivity index (χ4v) is 2.25. The molecule has 1 heterocycles. The molecule has 2 rings (SSSR count). The molecule has 0 unspecified atom stereocenters. The van der Waals surface area contributed by atoms with Crippen molar-refractivity contribution < 1.29 is 4.39 Å². The van der Waals surface area contributed by atoms with Gasteiger partial charge in [0.05, 0.1) is 15.7 Å². The molecule has 0 aliphatic rings. The molecule has 0 saturated heterocycles. The lowest BCUT2D eigenvalue weighted by Crippen LogP contribution is -1.89. The number of hydrogen-bond donors (Lipinski definition) is 1. The van der Waals surface area contributed by atoms with Crippen LogP contribution >= 0.6 is 27.3 Å². The van der Waals surface area contributed by atoms with Gasteiger partial charge in [-0.1, -0.05) is 0 Å². The highest BCUT2D eigenvalue weighted by molar-refractivity contribution is 9.11. The summed E-state index contributed by atoms with van der Waals surface area (Å²) >= 11 is 4.75. The van der Waals surface area contributed by atoms with E-state index in [0.717, 1.165) is 14.4 Å². The van der Waals surface area contributed by atoms with Crippen LogP contribution in [0.25, 0.3) is 10.6 Å². The number of rotatable bonds is 1. The van der Waals surface area contributed by atoms with Crippen molar-refractivity contribution in [1.29, 1.82) is 0 Å². The molecule has 2 nitrogen and oxygen atoms in total. The first kappa shape index (κ1) is 9.61. The summed E-state index contributed by atoms with van der Waals surface area (Å²) < 4.78 is 14.0. The Morgan fingerprint density at radius 1 is 1.43 bits per heavy atom. The number of halogens is 2. The summed E-state index contributed by atoms with van der Waals surface area (Å²) in [6.45, 7) is 0. The van der Waals surface area contributed by atoms with Crippen molar-refractivity contribution in [2.24, 2.45) is 0 Å². The Kier molecular flexibility index (Phi) is 2.52. The minimum Gasteiger partial charge on any atom is -0.396 e. The monoisotopic (exact) mass is 272 g/mol. The van der Waals surface area contributed by atoms with Crippen molar-refractivity contribution in [3.8, 4) is 10.6 Å². The summed E-state index contributed by atoms with van der Waals surface area (Å²) in [5.41, 5.74) is 6.27. The van der Waals surface area contributed by atoms with Gasteiger partial charge in [0.15, 0.2) is 0 Å². The van der Waals surface area contributed by atoms with Gasteiger partial charge < -0.3 is 5.73 Å². The molecule has 5 heteroatoms. The van der Waals surface area contributed by atoms with Crippen LogP contribution in [0.4, 0.5) is 10.1 Å². The molecule has 1 aromatic carbocycles. The van der Waals surface area contributed by atoms with Gasteiger partial charge in [0.1, 0.15) is 10.8 Å². The van der Waals surface area contributed by atoms with Crippen LogP contribution in [-0.4, -0.2) is 4.98 Å². The second kappa shape index (κ2) is 3.67. The summed E-state index contributed by atoms with van der Waals surface area (Å²) in [4.78, 5) is 4.12. The number of nitrogens with zero attached hydrogens (tertiary/aromatic N) is 1. The second-order valence-electron chi connectivity index (χ2n) is 2.71. The van der Waals surface area contributed by atoms with Crippen LogP contribution in [0, 0.1) is 5.82 Å². The molecule has 0 bridgehead atoms. The van der Waals surface area contributed by atoms with E-state index in [2.05, 4.69) is 20.9 Å². The highest BCUT2D eigenvalue weighted by Crippen LogP contribution is 2.29. The van der Waals surface area contributed by atoms with E-state index in [1.54, 1.807) is 18.3 Å². The molecule has 0 atom stereocenters. The Hall–Kier alpha value is -0.940. The third kappa shape index (κ3) is 1.78. The first-order valence-electron chi connectivity index (χ1n) is 3.83. The molecule has 0 radical (unpaired) electrons. The Morgan fingerprint density at radius 2 is 2.21 bits per heavy atom. The topological polar surface area (TPSA) is 38.9 Å². The van der Waals surface area contributed by atoms with Gasteiger partial charge in [-0.05, 0) is 34.1 Å². The van der Waals surface area contributed by atoms with Crippen LogP contribution in [0.5, 0.6) is 0 Å². The predicted molar refractivity (Wildman–Crippen MR) is 59.6 cm³/mol. The Bertz CT molecular complexity index is 470. The van der Waals surface area contributed by atoms with E-state index in [0.29, 0.717) is 0 Å². The summed E-state index contributed by atoms with van der Waals surface area (Å²) in [5.74, 6) is -0.408. The van der Waals surface area contributed by atoms with Crippen molar-refractivity contribution in [1.82, 2.24) is 4.98 Å². The molecule has 14 heavy (non-hydrogen) atoms. The molecule has 72 valence electrons. The van der Waals surface area contributed by atoms with Crippen molar-refractivity contribution in [2.45, 2.75) is 0 Å². The molecular weight excluding hydrogens is 267 g/mol. The van der Waals surface area contributed by atoms with Gasteiger partial charge in [0.25, 0.3) is 0 Å². The number of hydrogen-bond acceptors (Lipinski definition) is 3. The normalized spacial score (nSPS) is 10.4. The van der Waals surface area contributed by atoms with E-state index in [4.69, 9.17) is 5.73 Å². The zero-order valence-corrected chi connectivity index (χ0v) is 9.40. The summed E-state index contributed by atoms with van der Waals surface area (Å²) in [7, 11) is 0. The lowest BCUT2D eigenvalue weighted by Gasteiger charge is -1.98. The van der Waals surface area contributed by atoms with Crippen LogP contribution in [-0.2, 0) is 0 Å². The van der Waals surface area contributed by atoms with Crippen LogP contribution < -0.4 is 5.73 Å². The number of nitrogen functional groups attached to an aromatic ring is 1. The van der Waals surface area contributed by atoms with Crippen molar-refractivity contribution >= 4 is 33.0 Å². The van der Waals surface area contributed by atoms with Gasteiger partial charge in [-0.25, -0.2) is 9.37 Å². The fraction of sp³-hybridized carbons (Fsp3) is 0. The van der Waals surface area contributed by atoms with Crippen LogP contribution in [0.2, 0.25) is 0 Å². The highest BCUT2D eigenvalue weighted by Gasteiger charge is 2.05. The Balaban J connectivity index is 2.47. The largest absolute Gasteiger partial charge is 0.396 e. The maximum absolute atomic E-state index is 13.1. The molecule has 0 amide bonds. The summed E-state index contributed by atoms with van der Waals surface area (Å²) in [5, 5.41) is 0.774. The van der Waals surface area contributed by atoms with Gasteiger partial charge in [-0.2, -0.15) is 0 Å². The number of benzene rings is 1. The zero-order valence-electron chi connectivity index (χ0n) is 7.00. The molecule has 0 saturated carbocycles. The van der Waals surface area contributed by atoms with E-state index in [-0.39, 0.29) is 5.69 Å². The summed E-state index contributed by atoms with van der Waals surface area (Å²) in [6, 6.07) is 4.68. The van der Waals surface area contributed by atoms with Crippen molar-refractivity contribution in [3.63, 3.8) is 0 Å². The van der Waals surface area contributed by atoms with E-state index in [1.807, 2.05) is 0 Å². The zero-order chi connectivity index (χ0) is 10.1. The number of aromatic nitrogens is 1. The first-order chi connectivity index (χ1) is 6.66. The quantitative estimate of drug-likeness (QED) is 0.810. The molecule has 2 aromatic rings. The minimum atomic E-state index is -0.408. The van der Waals surface area contributed by atoms with Gasteiger partial charge in [-0.3, -0.25) is 0 Å². The molecule has 2 N–H and O–H groups in total. The molecular formula is C9H6BrFN2S. The molecule has 0 spiro atoms. The maximum Gasteiger partial charge on any atom is 0.146 e. The van der Waals surface area contributed by atoms with Gasteiger partial charge in [0.2, 0.25) is 0 Å². The van der Waals surface area contributed by atoms with Gasteiger partial charge in [0, 0.05) is 5.56 Å². The Labute approximate surface area is 92.7 Å². The van der Waals surface area contributed by atoms with Crippen LogP contribution in [0.15, 0.2) is 28.2 Å². The number of thiazole rings is 1. The highest BCUT2D eigenvalue weighted by atomic mass is 79.9. The molecule has 0 aliphatic carbocycles. The third-order valence-electron chi connectivity index (χ3n) is 1.72.